The summed E-state index contributed by atoms with van der Waals surface area (Å²) in [6, 6.07) is 4.10. The molecule has 2 N–H and O–H groups in total. The summed E-state index contributed by atoms with van der Waals surface area (Å²) in [4.78, 5) is 31.5. The number of H-pyrrole nitrogens is 1. The van der Waals surface area contributed by atoms with E-state index in [1.807, 2.05) is 33.1 Å². The van der Waals surface area contributed by atoms with Gasteiger partial charge >= 0.3 is 0 Å². The first-order valence-corrected chi connectivity index (χ1v) is 13.6. The summed E-state index contributed by atoms with van der Waals surface area (Å²) < 4.78 is 12.7. The Bertz CT molecular complexity index is 1190. The van der Waals surface area contributed by atoms with Crippen LogP contribution in [0.3, 0.4) is 0 Å². The van der Waals surface area contributed by atoms with Crippen molar-refractivity contribution in [3.05, 3.63) is 49.9 Å². The fourth-order valence-corrected chi connectivity index (χ4v) is 6.10. The van der Waals surface area contributed by atoms with Crippen molar-refractivity contribution in [2.45, 2.75) is 69.7 Å². The van der Waals surface area contributed by atoms with Crippen LogP contribution in [-0.2, 0) is 6.54 Å². The van der Waals surface area contributed by atoms with Gasteiger partial charge in [-0.25, -0.2) is 0 Å². The van der Waals surface area contributed by atoms with Gasteiger partial charge in [0.25, 0.3) is 17.3 Å². The molecule has 190 valence electrons. The normalized spacial score (nSPS) is 23.5. The number of aromatic nitrogens is 1. The van der Waals surface area contributed by atoms with Crippen molar-refractivity contribution in [3.8, 4) is 11.5 Å². The first kappa shape index (κ1) is 25.9. The Hall–Kier alpha value is -2.16. The Morgan fingerprint density at radius 3 is 2.49 bits per heavy atom. The lowest BCUT2D eigenvalue weighted by Gasteiger charge is -2.39. The SMILES string of the molecule is CSc1cc(C)[nH]c(=O)c1CNC(=O)c1cc(Cl)c2c(c1C)O[C@@](C)(C1CCC(N(C)C)CC1)O2. The van der Waals surface area contributed by atoms with Gasteiger partial charge in [0.2, 0.25) is 0 Å². The van der Waals surface area contributed by atoms with Crippen LogP contribution in [0, 0.1) is 19.8 Å². The Labute approximate surface area is 215 Å². The van der Waals surface area contributed by atoms with Crippen molar-refractivity contribution in [1.82, 2.24) is 15.2 Å². The highest BCUT2D eigenvalue weighted by Crippen LogP contribution is 2.51. The van der Waals surface area contributed by atoms with Crippen molar-refractivity contribution >= 4 is 29.3 Å². The van der Waals surface area contributed by atoms with Crippen LogP contribution in [-0.4, -0.2) is 48.0 Å². The Balaban J connectivity index is 1.52. The van der Waals surface area contributed by atoms with Crippen LogP contribution < -0.4 is 20.3 Å². The molecule has 2 aromatic rings. The minimum absolute atomic E-state index is 0.114. The molecular formula is C26H34ClN3O4S. The van der Waals surface area contributed by atoms with Crippen molar-refractivity contribution in [1.29, 1.82) is 0 Å². The van der Waals surface area contributed by atoms with Crippen LogP contribution in [0.25, 0.3) is 0 Å². The highest BCUT2D eigenvalue weighted by Gasteiger charge is 2.47. The molecule has 1 aliphatic heterocycles. The lowest BCUT2D eigenvalue weighted by atomic mass is 9.81. The molecule has 1 saturated carbocycles. The third-order valence-corrected chi connectivity index (χ3v) is 8.42. The van der Waals surface area contributed by atoms with E-state index in [9.17, 15) is 9.59 Å². The third-order valence-electron chi connectivity index (χ3n) is 7.34. The predicted molar refractivity (Wildman–Crippen MR) is 140 cm³/mol. The number of pyridine rings is 1. The van der Waals surface area contributed by atoms with Gasteiger partial charge in [0.05, 0.1) is 5.02 Å². The zero-order chi connectivity index (χ0) is 25.5. The number of hydrogen-bond donors (Lipinski definition) is 2. The molecule has 1 aromatic carbocycles. The maximum atomic E-state index is 13.1. The number of amides is 1. The first-order chi connectivity index (χ1) is 16.5. The largest absolute Gasteiger partial charge is 0.448 e. The highest BCUT2D eigenvalue weighted by atomic mass is 35.5. The zero-order valence-electron chi connectivity index (χ0n) is 21.2. The molecule has 9 heteroatoms. The highest BCUT2D eigenvalue weighted by molar-refractivity contribution is 7.98. The van der Waals surface area contributed by atoms with E-state index < -0.39 is 5.79 Å². The van der Waals surface area contributed by atoms with Crippen molar-refractivity contribution in [2.75, 3.05) is 20.4 Å². The standard InChI is InChI=1S/C26H34ClN3O4S/c1-14-11-21(35-6)19(25(32)29-14)13-28-24(31)18-12-20(27)23-22(15(18)2)33-26(3,34-23)16-7-9-17(10-8-16)30(4)5/h11-12,16-17H,7-10,13H2,1-6H3,(H,28,31)(H,29,32)/t16?,17?,26-/m1/s1. The summed E-state index contributed by atoms with van der Waals surface area (Å²) in [6.45, 7) is 5.76. The Kier molecular flexibility index (Phi) is 7.46. The molecule has 0 bridgehead atoms. The van der Waals surface area contributed by atoms with Crippen LogP contribution in [0.15, 0.2) is 21.8 Å². The van der Waals surface area contributed by atoms with E-state index in [2.05, 4.69) is 29.3 Å². The topological polar surface area (TPSA) is 83.7 Å². The van der Waals surface area contributed by atoms with Crippen molar-refractivity contribution in [2.24, 2.45) is 5.92 Å². The number of rotatable bonds is 6. The minimum Gasteiger partial charge on any atom is -0.448 e. The Morgan fingerprint density at radius 2 is 1.86 bits per heavy atom. The lowest BCUT2D eigenvalue weighted by Crippen LogP contribution is -2.46. The summed E-state index contributed by atoms with van der Waals surface area (Å²) in [6.07, 6.45) is 6.09. The lowest BCUT2D eigenvalue weighted by molar-refractivity contribution is -0.123. The molecule has 1 aliphatic carbocycles. The second kappa shape index (κ2) is 10.1. The first-order valence-electron chi connectivity index (χ1n) is 12.0. The maximum absolute atomic E-state index is 13.1. The summed E-state index contributed by atoms with van der Waals surface area (Å²) in [5.41, 5.74) is 2.20. The molecular weight excluding hydrogens is 486 g/mol. The number of benzene rings is 1. The fraction of sp³-hybridized carbons (Fsp3) is 0.538. The number of aryl methyl sites for hydroxylation is 1. The van der Waals surface area contributed by atoms with Crippen LogP contribution in [0.1, 0.15) is 59.8 Å². The van der Waals surface area contributed by atoms with E-state index in [-0.39, 0.29) is 23.9 Å². The second-order valence-electron chi connectivity index (χ2n) is 9.89. The van der Waals surface area contributed by atoms with Gasteiger partial charge in [0, 0.05) is 52.7 Å². The van der Waals surface area contributed by atoms with Gasteiger partial charge in [0.1, 0.15) is 0 Å². The molecule has 35 heavy (non-hydrogen) atoms. The van der Waals surface area contributed by atoms with E-state index in [1.165, 1.54) is 11.8 Å². The molecule has 0 radical (unpaired) electrons. The van der Waals surface area contributed by atoms with Crippen LogP contribution >= 0.6 is 23.4 Å². The van der Waals surface area contributed by atoms with Crippen molar-refractivity contribution in [3.63, 3.8) is 0 Å². The maximum Gasteiger partial charge on any atom is 0.254 e. The van der Waals surface area contributed by atoms with Gasteiger partial charge < -0.3 is 24.7 Å². The number of ether oxygens (including phenoxy) is 2. The molecule has 1 fully saturated rings. The van der Waals surface area contributed by atoms with Crippen LogP contribution in [0.2, 0.25) is 5.02 Å². The van der Waals surface area contributed by atoms with E-state index in [1.54, 1.807) is 6.07 Å². The van der Waals surface area contributed by atoms with Crippen LogP contribution in [0.5, 0.6) is 11.5 Å². The molecule has 1 aromatic heterocycles. The minimum atomic E-state index is -0.814. The van der Waals surface area contributed by atoms with Gasteiger partial charge in [-0.2, -0.15) is 0 Å². The molecule has 1 atom stereocenters. The molecule has 0 unspecified atom stereocenters. The number of carbonyl (C=O) groups excluding carboxylic acids is 1. The third kappa shape index (κ3) is 5.06. The number of fused-ring (bicyclic) bond motifs is 1. The van der Waals surface area contributed by atoms with E-state index in [4.69, 9.17) is 21.1 Å². The number of aromatic amines is 1. The summed E-state index contributed by atoms with van der Waals surface area (Å²) in [5.74, 6) is 0.126. The molecule has 7 nitrogen and oxygen atoms in total. The summed E-state index contributed by atoms with van der Waals surface area (Å²) in [7, 11) is 4.25. The molecule has 1 amide bonds. The van der Waals surface area contributed by atoms with Gasteiger partial charge in [-0.15, -0.1) is 11.8 Å². The molecule has 4 rings (SSSR count). The van der Waals surface area contributed by atoms with E-state index in [0.29, 0.717) is 39.3 Å². The number of hydrogen-bond acceptors (Lipinski definition) is 6. The zero-order valence-corrected chi connectivity index (χ0v) is 22.8. The second-order valence-corrected chi connectivity index (χ2v) is 11.1. The van der Waals surface area contributed by atoms with Crippen molar-refractivity contribution < 1.29 is 14.3 Å². The Morgan fingerprint density at radius 1 is 1.20 bits per heavy atom. The average Bonchev–Trinajstić information content (AvgIpc) is 3.20. The molecule has 2 heterocycles. The number of halogens is 1. The monoisotopic (exact) mass is 519 g/mol. The summed E-state index contributed by atoms with van der Waals surface area (Å²) in [5, 5.41) is 3.22. The van der Waals surface area contributed by atoms with Gasteiger partial charge in [-0.3, -0.25) is 9.59 Å². The number of nitrogens with one attached hydrogen (secondary N) is 2. The molecule has 2 aliphatic rings. The van der Waals surface area contributed by atoms with Crippen LogP contribution in [0.4, 0.5) is 0 Å². The molecule has 0 saturated heterocycles. The quantitative estimate of drug-likeness (QED) is 0.528. The predicted octanol–water partition coefficient (Wildman–Crippen LogP) is 4.90. The fourth-order valence-electron chi connectivity index (χ4n) is 5.16. The smallest absolute Gasteiger partial charge is 0.254 e. The number of nitrogens with zero attached hydrogens (tertiary/aromatic N) is 1. The average molecular weight is 520 g/mol. The summed E-state index contributed by atoms with van der Waals surface area (Å²) >= 11 is 8.06. The number of carbonyl (C=O) groups is 1. The van der Waals surface area contributed by atoms with Gasteiger partial charge in [-0.1, -0.05) is 11.6 Å². The van der Waals surface area contributed by atoms with Gasteiger partial charge in [0.15, 0.2) is 11.5 Å². The van der Waals surface area contributed by atoms with E-state index in [0.717, 1.165) is 36.3 Å². The molecule has 0 spiro atoms. The van der Waals surface area contributed by atoms with E-state index >= 15 is 0 Å². The number of thioether (sulfide) groups is 1. The van der Waals surface area contributed by atoms with Gasteiger partial charge in [-0.05, 0) is 72.0 Å².